The molecule has 0 radical (unpaired) electrons. The average Bonchev–Trinajstić information content (AvgIpc) is 2.32. The van der Waals surface area contributed by atoms with E-state index in [1.54, 1.807) is 6.07 Å². The van der Waals surface area contributed by atoms with Crippen molar-refractivity contribution in [1.82, 2.24) is 9.80 Å². The highest BCUT2D eigenvalue weighted by Crippen LogP contribution is 2.13. The Balaban J connectivity index is 1.97. The van der Waals surface area contributed by atoms with Gasteiger partial charge in [-0.15, -0.1) is 0 Å². The zero-order valence-electron chi connectivity index (χ0n) is 10.7. The number of piperazine rings is 1. The molecule has 1 saturated heterocycles. The monoisotopic (exact) mass is 236 g/mol. The molecule has 0 aliphatic carbocycles. The first-order valence-electron chi connectivity index (χ1n) is 6.37. The number of halogens is 1. The second-order valence-corrected chi connectivity index (χ2v) is 4.86. The molecule has 1 aliphatic rings. The van der Waals surface area contributed by atoms with E-state index in [2.05, 4.69) is 22.9 Å². The summed E-state index contributed by atoms with van der Waals surface area (Å²) in [7, 11) is 2.15. The summed E-state index contributed by atoms with van der Waals surface area (Å²) >= 11 is 0. The third kappa shape index (κ3) is 3.27. The first-order chi connectivity index (χ1) is 8.19. The summed E-state index contributed by atoms with van der Waals surface area (Å²) in [5, 5.41) is 0. The van der Waals surface area contributed by atoms with Crippen molar-refractivity contribution in [2.75, 3.05) is 33.2 Å². The Morgan fingerprint density at radius 2 is 1.88 bits per heavy atom. The quantitative estimate of drug-likeness (QED) is 0.793. The maximum atomic E-state index is 13.6. The topological polar surface area (TPSA) is 6.48 Å². The Kier molecular flexibility index (Phi) is 4.13. The van der Waals surface area contributed by atoms with E-state index >= 15 is 0 Å². The van der Waals surface area contributed by atoms with Crippen LogP contribution < -0.4 is 0 Å². The smallest absolute Gasteiger partial charge is 0.126 e. The van der Waals surface area contributed by atoms with Gasteiger partial charge >= 0.3 is 0 Å². The maximum Gasteiger partial charge on any atom is 0.126 e. The van der Waals surface area contributed by atoms with Crippen LogP contribution >= 0.6 is 0 Å². The van der Waals surface area contributed by atoms with Crippen LogP contribution in [0, 0.1) is 5.82 Å². The number of likely N-dealkylation sites (N-methyl/N-ethyl adjacent to an activating group) is 1. The number of benzene rings is 1. The first kappa shape index (κ1) is 12.5. The van der Waals surface area contributed by atoms with E-state index < -0.39 is 0 Å². The van der Waals surface area contributed by atoms with Gasteiger partial charge in [0.25, 0.3) is 0 Å². The van der Waals surface area contributed by atoms with Gasteiger partial charge in [-0.25, -0.2) is 4.39 Å². The summed E-state index contributed by atoms with van der Waals surface area (Å²) in [4.78, 5) is 4.72. The van der Waals surface area contributed by atoms with E-state index in [0.29, 0.717) is 0 Å². The van der Waals surface area contributed by atoms with Gasteiger partial charge in [-0.1, -0.05) is 19.1 Å². The van der Waals surface area contributed by atoms with Crippen molar-refractivity contribution >= 4 is 0 Å². The van der Waals surface area contributed by atoms with E-state index in [9.17, 15) is 4.39 Å². The highest BCUT2D eigenvalue weighted by atomic mass is 19.1. The van der Waals surface area contributed by atoms with Crippen molar-refractivity contribution in [3.8, 4) is 0 Å². The normalized spacial score (nSPS) is 18.5. The van der Waals surface area contributed by atoms with Crippen molar-refractivity contribution in [2.24, 2.45) is 0 Å². The van der Waals surface area contributed by atoms with E-state index in [1.807, 2.05) is 13.0 Å². The Morgan fingerprint density at radius 1 is 1.18 bits per heavy atom. The highest BCUT2D eigenvalue weighted by Gasteiger charge is 2.14. The van der Waals surface area contributed by atoms with Crippen LogP contribution in [0.25, 0.3) is 0 Å². The van der Waals surface area contributed by atoms with Crippen molar-refractivity contribution in [3.05, 3.63) is 35.1 Å². The Labute approximate surface area is 103 Å². The predicted octanol–water partition coefficient (Wildman–Crippen LogP) is 2.14. The molecular formula is C14H21FN2. The molecular weight excluding hydrogens is 215 g/mol. The molecule has 1 aromatic rings. The third-order valence-corrected chi connectivity index (χ3v) is 3.50. The Hall–Kier alpha value is -0.930. The van der Waals surface area contributed by atoms with Crippen LogP contribution in [-0.4, -0.2) is 43.0 Å². The van der Waals surface area contributed by atoms with Crippen molar-refractivity contribution < 1.29 is 4.39 Å². The van der Waals surface area contributed by atoms with Crippen LogP contribution in [0.15, 0.2) is 18.2 Å². The van der Waals surface area contributed by atoms with Gasteiger partial charge in [0.05, 0.1) is 0 Å². The van der Waals surface area contributed by atoms with E-state index in [1.165, 1.54) is 0 Å². The molecule has 2 nitrogen and oxygen atoms in total. The van der Waals surface area contributed by atoms with Crippen LogP contribution in [-0.2, 0) is 13.0 Å². The van der Waals surface area contributed by atoms with E-state index in [0.717, 1.165) is 50.3 Å². The number of rotatable bonds is 3. The van der Waals surface area contributed by atoms with Gasteiger partial charge in [-0.05, 0) is 30.7 Å². The van der Waals surface area contributed by atoms with Gasteiger partial charge in [0.2, 0.25) is 0 Å². The molecule has 0 amide bonds. The lowest BCUT2D eigenvalue weighted by molar-refractivity contribution is 0.148. The lowest BCUT2D eigenvalue weighted by atomic mass is 10.1. The van der Waals surface area contributed by atoms with Crippen molar-refractivity contribution in [3.63, 3.8) is 0 Å². The SMILES string of the molecule is CCc1ccc(CN2CCN(C)CC2)cc1F. The largest absolute Gasteiger partial charge is 0.304 e. The molecule has 0 atom stereocenters. The maximum absolute atomic E-state index is 13.6. The summed E-state index contributed by atoms with van der Waals surface area (Å²) in [5.74, 6) is -0.0564. The lowest BCUT2D eigenvalue weighted by Crippen LogP contribution is -2.43. The predicted molar refractivity (Wildman–Crippen MR) is 68.6 cm³/mol. The molecule has 17 heavy (non-hydrogen) atoms. The number of aryl methyl sites for hydroxylation is 1. The molecule has 1 aliphatic heterocycles. The molecule has 1 aromatic carbocycles. The molecule has 0 unspecified atom stereocenters. The minimum absolute atomic E-state index is 0.0564. The summed E-state index contributed by atoms with van der Waals surface area (Å²) in [6.45, 7) is 7.22. The second-order valence-electron chi connectivity index (χ2n) is 4.86. The summed E-state index contributed by atoms with van der Waals surface area (Å²) in [6, 6.07) is 5.66. The molecule has 2 rings (SSSR count). The highest BCUT2D eigenvalue weighted by molar-refractivity contribution is 5.24. The van der Waals surface area contributed by atoms with Crippen LogP contribution in [0.4, 0.5) is 4.39 Å². The minimum atomic E-state index is -0.0564. The molecule has 0 aromatic heterocycles. The van der Waals surface area contributed by atoms with Gasteiger partial charge in [0.1, 0.15) is 5.82 Å². The van der Waals surface area contributed by atoms with Gasteiger partial charge in [0, 0.05) is 32.7 Å². The minimum Gasteiger partial charge on any atom is -0.304 e. The third-order valence-electron chi connectivity index (χ3n) is 3.50. The van der Waals surface area contributed by atoms with E-state index in [-0.39, 0.29) is 5.82 Å². The Bertz CT molecular complexity index is 370. The van der Waals surface area contributed by atoms with Gasteiger partial charge in [0.15, 0.2) is 0 Å². The standard InChI is InChI=1S/C14H21FN2/c1-3-13-5-4-12(10-14(13)15)11-17-8-6-16(2)7-9-17/h4-5,10H,3,6-9,11H2,1-2H3. The number of hydrogen-bond acceptors (Lipinski definition) is 2. The zero-order chi connectivity index (χ0) is 12.3. The van der Waals surface area contributed by atoms with E-state index in [4.69, 9.17) is 0 Å². The number of nitrogens with zero attached hydrogens (tertiary/aromatic N) is 2. The van der Waals surface area contributed by atoms with Gasteiger partial charge in [-0.3, -0.25) is 4.90 Å². The molecule has 0 saturated carbocycles. The van der Waals surface area contributed by atoms with Crippen molar-refractivity contribution in [2.45, 2.75) is 19.9 Å². The van der Waals surface area contributed by atoms with Crippen LogP contribution in [0.3, 0.4) is 0 Å². The average molecular weight is 236 g/mol. The fourth-order valence-corrected chi connectivity index (χ4v) is 2.24. The van der Waals surface area contributed by atoms with Crippen molar-refractivity contribution in [1.29, 1.82) is 0 Å². The molecule has 1 heterocycles. The molecule has 94 valence electrons. The summed E-state index contributed by atoms with van der Waals surface area (Å²) in [6.07, 6.45) is 0.765. The Morgan fingerprint density at radius 3 is 2.47 bits per heavy atom. The molecule has 3 heteroatoms. The van der Waals surface area contributed by atoms with Gasteiger partial charge in [-0.2, -0.15) is 0 Å². The second kappa shape index (κ2) is 5.61. The molecule has 0 N–H and O–H groups in total. The molecule has 1 fully saturated rings. The zero-order valence-corrected chi connectivity index (χ0v) is 10.7. The first-order valence-corrected chi connectivity index (χ1v) is 6.37. The molecule has 0 spiro atoms. The molecule has 0 bridgehead atoms. The summed E-state index contributed by atoms with van der Waals surface area (Å²) < 4.78 is 13.6. The fourth-order valence-electron chi connectivity index (χ4n) is 2.24. The van der Waals surface area contributed by atoms with Crippen LogP contribution in [0.2, 0.25) is 0 Å². The summed E-state index contributed by atoms with van der Waals surface area (Å²) in [5.41, 5.74) is 1.90. The fraction of sp³-hybridized carbons (Fsp3) is 0.571. The van der Waals surface area contributed by atoms with Crippen LogP contribution in [0.1, 0.15) is 18.1 Å². The lowest BCUT2D eigenvalue weighted by Gasteiger charge is -2.32. The number of hydrogen-bond donors (Lipinski definition) is 0. The van der Waals surface area contributed by atoms with Gasteiger partial charge < -0.3 is 4.90 Å². The van der Waals surface area contributed by atoms with Crippen LogP contribution in [0.5, 0.6) is 0 Å².